The van der Waals surface area contributed by atoms with Crippen molar-refractivity contribution < 1.29 is 14.8 Å². The average Bonchev–Trinajstić information content (AvgIpc) is 2.67. The van der Waals surface area contributed by atoms with Gasteiger partial charge in [0.25, 0.3) is 5.69 Å². The molecule has 1 aromatic heterocycles. The van der Waals surface area contributed by atoms with Crippen molar-refractivity contribution in [3.63, 3.8) is 0 Å². The first-order chi connectivity index (χ1) is 12.9. The van der Waals surface area contributed by atoms with Gasteiger partial charge in [-0.25, -0.2) is 0 Å². The summed E-state index contributed by atoms with van der Waals surface area (Å²) in [6, 6.07) is 12.3. The van der Waals surface area contributed by atoms with Crippen LogP contribution >= 0.6 is 0 Å². The van der Waals surface area contributed by atoms with Crippen molar-refractivity contribution >= 4 is 22.5 Å². The molecule has 2 aromatic carbocycles. The minimum absolute atomic E-state index is 0.0614. The number of hydrogen-bond donors (Lipinski definition) is 2. The lowest BCUT2D eigenvalue weighted by molar-refractivity contribution is -0.384. The first kappa shape index (κ1) is 18.3. The largest absolute Gasteiger partial charge is 0.505 e. The summed E-state index contributed by atoms with van der Waals surface area (Å²) >= 11 is 0. The summed E-state index contributed by atoms with van der Waals surface area (Å²) in [7, 11) is 0. The normalized spacial score (nSPS) is 12.1. The topological polar surface area (TPSA) is 105 Å². The minimum Gasteiger partial charge on any atom is -0.505 e. The molecule has 1 amide bonds. The Labute approximate surface area is 155 Å². The van der Waals surface area contributed by atoms with Gasteiger partial charge in [0.2, 0.25) is 5.91 Å². The Morgan fingerprint density at radius 3 is 2.67 bits per heavy atom. The Morgan fingerprint density at radius 1 is 1.19 bits per heavy atom. The molecule has 3 aromatic rings. The van der Waals surface area contributed by atoms with E-state index in [2.05, 4.69) is 10.3 Å². The lowest BCUT2D eigenvalue weighted by Gasteiger charge is -2.22. The van der Waals surface area contributed by atoms with E-state index in [9.17, 15) is 20.0 Å². The van der Waals surface area contributed by atoms with E-state index >= 15 is 0 Å². The second-order valence-corrected chi connectivity index (χ2v) is 6.53. The van der Waals surface area contributed by atoms with E-state index in [4.69, 9.17) is 0 Å². The SMILES string of the molecule is CC(C)C(=O)N[C@H](c1cccc([N+](=O)[O-])c1)c1ccc2cccnc2c1O. The van der Waals surface area contributed by atoms with Crippen molar-refractivity contribution in [1.29, 1.82) is 0 Å². The number of carbonyl (C=O) groups is 1. The predicted molar refractivity (Wildman–Crippen MR) is 101 cm³/mol. The quantitative estimate of drug-likeness (QED) is 0.530. The summed E-state index contributed by atoms with van der Waals surface area (Å²) in [6.45, 7) is 3.50. The number of nitro benzene ring substituents is 1. The summed E-state index contributed by atoms with van der Waals surface area (Å²) in [5.41, 5.74) is 1.25. The lowest BCUT2D eigenvalue weighted by Crippen LogP contribution is -2.32. The highest BCUT2D eigenvalue weighted by atomic mass is 16.6. The van der Waals surface area contributed by atoms with Gasteiger partial charge in [-0.1, -0.05) is 44.2 Å². The molecular formula is C20H19N3O4. The van der Waals surface area contributed by atoms with Crippen molar-refractivity contribution in [3.8, 4) is 5.75 Å². The Morgan fingerprint density at radius 2 is 1.96 bits per heavy atom. The zero-order valence-electron chi connectivity index (χ0n) is 14.9. The summed E-state index contributed by atoms with van der Waals surface area (Å²) in [5.74, 6) is -0.576. The third kappa shape index (κ3) is 3.72. The first-order valence-electron chi connectivity index (χ1n) is 8.50. The molecule has 0 saturated heterocycles. The van der Waals surface area contributed by atoms with Crippen LogP contribution in [0.1, 0.15) is 31.0 Å². The van der Waals surface area contributed by atoms with Crippen molar-refractivity contribution in [2.24, 2.45) is 5.92 Å². The molecule has 0 unspecified atom stereocenters. The number of hydrogen-bond acceptors (Lipinski definition) is 5. The lowest BCUT2D eigenvalue weighted by atomic mass is 9.95. The highest BCUT2D eigenvalue weighted by Gasteiger charge is 2.24. The van der Waals surface area contributed by atoms with E-state index in [0.29, 0.717) is 16.6 Å². The fraction of sp³-hybridized carbons (Fsp3) is 0.200. The minimum atomic E-state index is -0.744. The van der Waals surface area contributed by atoms with Crippen LogP contribution < -0.4 is 5.32 Å². The van der Waals surface area contributed by atoms with Gasteiger partial charge >= 0.3 is 0 Å². The molecule has 0 aliphatic rings. The van der Waals surface area contributed by atoms with Gasteiger partial charge < -0.3 is 10.4 Å². The molecule has 0 spiro atoms. The maximum atomic E-state index is 12.4. The molecule has 0 saturated carbocycles. The van der Waals surface area contributed by atoms with E-state index in [1.807, 2.05) is 6.07 Å². The van der Waals surface area contributed by atoms with Gasteiger partial charge in [-0.2, -0.15) is 0 Å². The number of non-ortho nitro benzene ring substituents is 1. The zero-order chi connectivity index (χ0) is 19.6. The van der Waals surface area contributed by atoms with Gasteiger partial charge in [0.05, 0.1) is 11.0 Å². The molecule has 0 aliphatic carbocycles. The van der Waals surface area contributed by atoms with E-state index < -0.39 is 11.0 Å². The van der Waals surface area contributed by atoms with Crippen LogP contribution in [0.2, 0.25) is 0 Å². The molecule has 7 nitrogen and oxygen atoms in total. The van der Waals surface area contributed by atoms with Crippen LogP contribution in [-0.4, -0.2) is 20.9 Å². The van der Waals surface area contributed by atoms with Crippen LogP contribution in [0.3, 0.4) is 0 Å². The summed E-state index contributed by atoms with van der Waals surface area (Å²) < 4.78 is 0. The van der Waals surface area contributed by atoms with Gasteiger partial charge in [0.1, 0.15) is 11.3 Å². The average molecular weight is 365 g/mol. The number of nitrogens with zero attached hydrogens (tertiary/aromatic N) is 2. The molecule has 1 atom stereocenters. The molecule has 0 radical (unpaired) electrons. The second-order valence-electron chi connectivity index (χ2n) is 6.53. The molecule has 3 rings (SSSR count). The first-order valence-corrected chi connectivity index (χ1v) is 8.50. The van der Waals surface area contributed by atoms with Crippen molar-refractivity contribution in [3.05, 3.63) is 76.0 Å². The maximum absolute atomic E-state index is 12.4. The standard InChI is InChI=1S/C20H19N3O4/c1-12(2)20(25)22-17(14-5-3-7-15(11-14)23(26)27)16-9-8-13-6-4-10-21-18(13)19(16)24/h3-12,17,24H,1-2H3,(H,22,25)/t17-/m1/s1. The molecule has 138 valence electrons. The number of nitrogens with one attached hydrogen (secondary N) is 1. The Bertz CT molecular complexity index is 1020. The Hall–Kier alpha value is -3.48. The number of amides is 1. The molecule has 2 N–H and O–H groups in total. The second kappa shape index (κ2) is 7.41. The van der Waals surface area contributed by atoms with Crippen LogP contribution in [0.4, 0.5) is 5.69 Å². The van der Waals surface area contributed by atoms with Crippen molar-refractivity contribution in [2.75, 3.05) is 0 Å². The van der Waals surface area contributed by atoms with Crippen LogP contribution in [0.15, 0.2) is 54.7 Å². The summed E-state index contributed by atoms with van der Waals surface area (Å²) in [5, 5.41) is 25.5. The third-order valence-electron chi connectivity index (χ3n) is 4.32. The fourth-order valence-electron chi connectivity index (χ4n) is 2.85. The number of carbonyl (C=O) groups excluding carboxylic acids is 1. The number of phenols is 1. The van der Waals surface area contributed by atoms with Crippen LogP contribution in [0.25, 0.3) is 10.9 Å². The number of aromatic nitrogens is 1. The summed E-state index contributed by atoms with van der Waals surface area (Å²) in [4.78, 5) is 27.2. The van der Waals surface area contributed by atoms with Gasteiger partial charge in [0, 0.05) is 35.2 Å². The maximum Gasteiger partial charge on any atom is 0.269 e. The molecule has 0 bridgehead atoms. The number of pyridine rings is 1. The number of nitro groups is 1. The van der Waals surface area contributed by atoms with Crippen molar-refractivity contribution in [1.82, 2.24) is 10.3 Å². The highest BCUT2D eigenvalue weighted by Crippen LogP contribution is 2.35. The molecule has 0 fully saturated rings. The number of benzene rings is 2. The molecule has 7 heteroatoms. The van der Waals surface area contributed by atoms with Gasteiger partial charge in [0.15, 0.2) is 0 Å². The summed E-state index contributed by atoms with van der Waals surface area (Å²) in [6.07, 6.45) is 1.57. The zero-order valence-corrected chi connectivity index (χ0v) is 14.9. The van der Waals surface area contributed by atoms with Crippen LogP contribution in [-0.2, 0) is 4.79 Å². The molecule has 27 heavy (non-hydrogen) atoms. The number of aromatic hydroxyl groups is 1. The van der Waals surface area contributed by atoms with Crippen molar-refractivity contribution in [2.45, 2.75) is 19.9 Å². The number of fused-ring (bicyclic) bond motifs is 1. The fourth-order valence-corrected chi connectivity index (χ4v) is 2.85. The molecular weight excluding hydrogens is 346 g/mol. The smallest absolute Gasteiger partial charge is 0.269 e. The van der Waals surface area contributed by atoms with Gasteiger partial charge in [-0.3, -0.25) is 19.9 Å². The van der Waals surface area contributed by atoms with E-state index in [0.717, 1.165) is 5.39 Å². The van der Waals surface area contributed by atoms with Crippen LogP contribution in [0.5, 0.6) is 5.75 Å². The van der Waals surface area contributed by atoms with Crippen LogP contribution in [0, 0.1) is 16.0 Å². The monoisotopic (exact) mass is 365 g/mol. The number of rotatable bonds is 5. The van der Waals surface area contributed by atoms with E-state index in [-0.39, 0.29) is 23.3 Å². The van der Waals surface area contributed by atoms with E-state index in [1.54, 1.807) is 50.4 Å². The molecule has 0 aliphatic heterocycles. The highest BCUT2D eigenvalue weighted by molar-refractivity contribution is 5.86. The Kier molecular flexibility index (Phi) is 5.03. The van der Waals surface area contributed by atoms with Gasteiger partial charge in [-0.05, 0) is 11.6 Å². The molecule has 1 heterocycles. The third-order valence-corrected chi connectivity index (χ3v) is 4.32. The number of phenolic OH excluding ortho intramolecular Hbond substituents is 1. The van der Waals surface area contributed by atoms with E-state index in [1.165, 1.54) is 12.1 Å². The Balaban J connectivity index is 2.16. The van der Waals surface area contributed by atoms with Gasteiger partial charge in [-0.15, -0.1) is 0 Å². The predicted octanol–water partition coefficient (Wildman–Crippen LogP) is 3.71.